The number of aliphatic hydroxyl groups excluding tert-OH is 1. The molecule has 0 aliphatic carbocycles. The highest BCUT2D eigenvalue weighted by molar-refractivity contribution is 8.13. The van der Waals surface area contributed by atoms with Crippen LogP contribution in [0, 0.1) is 5.41 Å². The van der Waals surface area contributed by atoms with Crippen molar-refractivity contribution >= 4 is 30.6 Å². The number of phosphoric ester groups is 1. The summed E-state index contributed by atoms with van der Waals surface area (Å²) in [4.78, 5) is 23.8. The number of rotatable bonds is 16. The van der Waals surface area contributed by atoms with Gasteiger partial charge < -0.3 is 10.4 Å². The van der Waals surface area contributed by atoms with Gasteiger partial charge in [0.1, 0.15) is 6.10 Å². The third-order valence-corrected chi connectivity index (χ3v) is 5.89. The van der Waals surface area contributed by atoms with Gasteiger partial charge in [0.2, 0.25) is 5.91 Å². The molecule has 0 heterocycles. The Kier molecular flexibility index (Phi) is 13.6. The second-order valence-corrected chi connectivity index (χ2v) is 9.36. The molecule has 1 amide bonds. The molecule has 0 fully saturated rings. The number of hydrogen-bond acceptors (Lipinski definition) is 8. The van der Waals surface area contributed by atoms with E-state index in [1.807, 2.05) is 6.92 Å². The summed E-state index contributed by atoms with van der Waals surface area (Å²) in [5, 5.41) is 12.8. The number of carbonyl (C=O) groups excluding carboxylic acids is 2. The van der Waals surface area contributed by atoms with E-state index in [1.54, 1.807) is 13.8 Å². The van der Waals surface area contributed by atoms with Crippen LogP contribution in [0.1, 0.15) is 33.6 Å². The SMILES string of the molecule is C=CCOP(=O)(OCC=C)OCC(C)(C)[C@@H](O)C(=O)NCCC(=O)SCCC. The van der Waals surface area contributed by atoms with E-state index < -0.39 is 25.2 Å². The molecular formula is C18H32NO7PS. The van der Waals surface area contributed by atoms with E-state index in [2.05, 4.69) is 18.5 Å². The average molecular weight is 437 g/mol. The van der Waals surface area contributed by atoms with Gasteiger partial charge in [0.15, 0.2) is 5.12 Å². The normalized spacial score (nSPS) is 13.0. The van der Waals surface area contributed by atoms with Crippen molar-refractivity contribution in [1.29, 1.82) is 0 Å². The standard InChI is InChI=1S/C18H32NO7PS/c1-6-11-24-27(23,25-12-7-2)26-14-18(4,5)16(21)17(22)19-10-9-15(20)28-13-8-3/h6-7,16,21H,1-2,8-14H2,3-5H3,(H,19,22)/t16-/m0/s1. The third-order valence-electron chi connectivity index (χ3n) is 3.38. The molecule has 0 unspecified atom stereocenters. The van der Waals surface area contributed by atoms with Crippen molar-refractivity contribution in [3.8, 4) is 0 Å². The molecule has 162 valence electrons. The highest BCUT2D eigenvalue weighted by Gasteiger charge is 2.37. The molecule has 0 saturated heterocycles. The Morgan fingerprint density at radius 3 is 2.29 bits per heavy atom. The van der Waals surface area contributed by atoms with Crippen molar-refractivity contribution in [3.05, 3.63) is 25.3 Å². The number of thioether (sulfide) groups is 1. The Morgan fingerprint density at radius 2 is 1.79 bits per heavy atom. The minimum atomic E-state index is -3.90. The summed E-state index contributed by atoms with van der Waals surface area (Å²) in [6.07, 6.45) is 2.41. The number of nitrogens with one attached hydrogen (secondary N) is 1. The van der Waals surface area contributed by atoms with Crippen LogP contribution in [0.15, 0.2) is 25.3 Å². The summed E-state index contributed by atoms with van der Waals surface area (Å²) in [5.74, 6) is 0.0949. The lowest BCUT2D eigenvalue weighted by molar-refractivity contribution is -0.137. The van der Waals surface area contributed by atoms with Crippen LogP contribution < -0.4 is 5.32 Å². The molecule has 10 heteroatoms. The molecule has 0 aromatic rings. The van der Waals surface area contributed by atoms with Gasteiger partial charge in [0, 0.05) is 24.1 Å². The monoisotopic (exact) mass is 437 g/mol. The van der Waals surface area contributed by atoms with E-state index in [1.165, 1.54) is 23.9 Å². The summed E-state index contributed by atoms with van der Waals surface area (Å²) in [7, 11) is -3.90. The molecule has 0 rings (SSSR count). The van der Waals surface area contributed by atoms with Gasteiger partial charge in [-0.2, -0.15) is 0 Å². The Morgan fingerprint density at radius 1 is 1.21 bits per heavy atom. The fraction of sp³-hybridized carbons (Fsp3) is 0.667. The van der Waals surface area contributed by atoms with E-state index in [-0.39, 0.29) is 37.9 Å². The van der Waals surface area contributed by atoms with Crippen LogP contribution in [0.4, 0.5) is 0 Å². The van der Waals surface area contributed by atoms with Crippen LogP contribution in [0.2, 0.25) is 0 Å². The van der Waals surface area contributed by atoms with Gasteiger partial charge in [-0.3, -0.25) is 23.2 Å². The molecule has 0 saturated carbocycles. The number of phosphoric acid groups is 1. The first-order valence-electron chi connectivity index (χ1n) is 8.98. The van der Waals surface area contributed by atoms with Crippen LogP contribution in [-0.2, 0) is 27.7 Å². The van der Waals surface area contributed by atoms with Crippen LogP contribution >= 0.6 is 19.6 Å². The molecule has 0 radical (unpaired) electrons. The first-order chi connectivity index (χ1) is 13.1. The van der Waals surface area contributed by atoms with E-state index in [9.17, 15) is 19.3 Å². The Labute approximate surface area is 171 Å². The smallest absolute Gasteiger partial charge is 0.383 e. The average Bonchev–Trinajstić information content (AvgIpc) is 2.67. The highest BCUT2D eigenvalue weighted by atomic mass is 32.2. The Bertz CT molecular complexity index is 552. The van der Waals surface area contributed by atoms with Crippen molar-refractivity contribution in [1.82, 2.24) is 5.32 Å². The summed E-state index contributed by atoms with van der Waals surface area (Å²) >= 11 is 1.22. The van der Waals surface area contributed by atoms with Gasteiger partial charge >= 0.3 is 7.82 Å². The lowest BCUT2D eigenvalue weighted by Crippen LogP contribution is -2.46. The van der Waals surface area contributed by atoms with E-state index in [4.69, 9.17) is 13.6 Å². The van der Waals surface area contributed by atoms with Gasteiger partial charge in [-0.1, -0.05) is 44.7 Å². The quantitative estimate of drug-likeness (QED) is 0.280. The minimum absolute atomic E-state index is 0.0149. The number of hydrogen-bond donors (Lipinski definition) is 2. The maximum atomic E-state index is 12.5. The zero-order valence-electron chi connectivity index (χ0n) is 16.8. The Balaban J connectivity index is 4.64. The lowest BCUT2D eigenvalue weighted by atomic mass is 9.87. The molecule has 28 heavy (non-hydrogen) atoms. The predicted molar refractivity (Wildman–Crippen MR) is 111 cm³/mol. The predicted octanol–water partition coefficient (Wildman–Crippen LogP) is 3.08. The Hall–Kier alpha value is -0.960. The molecule has 0 aliphatic rings. The topological polar surface area (TPSA) is 111 Å². The van der Waals surface area contributed by atoms with E-state index >= 15 is 0 Å². The van der Waals surface area contributed by atoms with E-state index in [0.29, 0.717) is 0 Å². The van der Waals surface area contributed by atoms with Crippen molar-refractivity contribution in [2.45, 2.75) is 39.7 Å². The van der Waals surface area contributed by atoms with Crippen molar-refractivity contribution in [2.75, 3.05) is 32.1 Å². The van der Waals surface area contributed by atoms with Crippen molar-refractivity contribution in [2.24, 2.45) is 5.41 Å². The minimum Gasteiger partial charge on any atom is -0.383 e. The van der Waals surface area contributed by atoms with Gasteiger partial charge in [-0.25, -0.2) is 4.57 Å². The van der Waals surface area contributed by atoms with Crippen LogP contribution in [0.3, 0.4) is 0 Å². The van der Waals surface area contributed by atoms with Crippen LogP contribution in [0.25, 0.3) is 0 Å². The number of carbonyl (C=O) groups is 2. The maximum absolute atomic E-state index is 12.5. The summed E-state index contributed by atoms with van der Waals surface area (Å²) in [6, 6.07) is 0. The molecule has 1 atom stereocenters. The van der Waals surface area contributed by atoms with Gasteiger partial charge in [-0.15, -0.1) is 13.2 Å². The zero-order chi connectivity index (χ0) is 21.6. The number of amides is 1. The largest absolute Gasteiger partial charge is 0.475 e. The van der Waals surface area contributed by atoms with Crippen molar-refractivity contribution in [3.63, 3.8) is 0 Å². The molecule has 0 aliphatic heterocycles. The summed E-state index contributed by atoms with van der Waals surface area (Å²) in [5.41, 5.74) is -1.09. The van der Waals surface area contributed by atoms with Gasteiger partial charge in [0.05, 0.1) is 19.8 Å². The summed E-state index contributed by atoms with van der Waals surface area (Å²) in [6.45, 7) is 11.8. The lowest BCUT2D eigenvalue weighted by Gasteiger charge is -2.30. The number of aliphatic hydroxyl groups is 1. The maximum Gasteiger partial charge on any atom is 0.475 e. The first-order valence-corrected chi connectivity index (χ1v) is 11.4. The second-order valence-electron chi connectivity index (χ2n) is 6.54. The summed E-state index contributed by atoms with van der Waals surface area (Å²) < 4.78 is 27.9. The van der Waals surface area contributed by atoms with Gasteiger partial charge in [-0.05, 0) is 6.42 Å². The molecule has 0 aromatic carbocycles. The molecule has 0 bridgehead atoms. The third kappa shape index (κ3) is 11.1. The van der Waals surface area contributed by atoms with Crippen LogP contribution in [-0.4, -0.2) is 54.4 Å². The molecule has 2 N–H and O–H groups in total. The fourth-order valence-electron chi connectivity index (χ4n) is 1.75. The van der Waals surface area contributed by atoms with Crippen LogP contribution in [0.5, 0.6) is 0 Å². The van der Waals surface area contributed by atoms with E-state index in [0.717, 1.165) is 12.2 Å². The van der Waals surface area contributed by atoms with Crippen molar-refractivity contribution < 1.29 is 32.8 Å². The second kappa shape index (κ2) is 14.1. The molecule has 8 nitrogen and oxygen atoms in total. The molecular weight excluding hydrogens is 405 g/mol. The highest BCUT2D eigenvalue weighted by Crippen LogP contribution is 2.50. The molecule has 0 spiro atoms. The zero-order valence-corrected chi connectivity index (χ0v) is 18.6. The fourth-order valence-corrected chi connectivity index (χ4v) is 3.72. The van der Waals surface area contributed by atoms with Gasteiger partial charge in [0.25, 0.3) is 0 Å². The first kappa shape index (κ1) is 27.0. The molecule has 0 aromatic heterocycles.